The van der Waals surface area contributed by atoms with Gasteiger partial charge in [0.25, 0.3) is 0 Å². The van der Waals surface area contributed by atoms with Crippen molar-refractivity contribution in [3.63, 3.8) is 0 Å². The lowest BCUT2D eigenvalue weighted by Crippen LogP contribution is -2.38. The van der Waals surface area contributed by atoms with Crippen molar-refractivity contribution in [3.05, 3.63) is 30.0 Å². The number of aromatic amines is 1. The van der Waals surface area contributed by atoms with E-state index >= 15 is 0 Å². The van der Waals surface area contributed by atoms with E-state index in [0.29, 0.717) is 24.3 Å². The Balaban J connectivity index is 2.12. The van der Waals surface area contributed by atoms with Crippen LogP contribution < -0.4 is 4.74 Å². The molecular formula is C19H28N2O2. The molecule has 0 spiro atoms. The quantitative estimate of drug-likeness (QED) is 0.616. The minimum atomic E-state index is -0.208. The van der Waals surface area contributed by atoms with Gasteiger partial charge in [0.2, 0.25) is 0 Å². The number of nitrogens with zero attached hydrogens (tertiary/aromatic N) is 1. The highest BCUT2D eigenvalue weighted by Crippen LogP contribution is 2.24. The van der Waals surface area contributed by atoms with Crippen LogP contribution in [0.1, 0.15) is 46.6 Å². The lowest BCUT2D eigenvalue weighted by Gasteiger charge is -2.30. The van der Waals surface area contributed by atoms with Gasteiger partial charge in [-0.2, -0.15) is 0 Å². The van der Waals surface area contributed by atoms with Crippen LogP contribution in [0.25, 0.3) is 10.9 Å². The summed E-state index contributed by atoms with van der Waals surface area (Å²) in [5, 5.41) is 1.20. The molecule has 0 saturated carbocycles. The monoisotopic (exact) mass is 316 g/mol. The maximum Gasteiger partial charge on any atom is 0.310 e. The predicted molar refractivity (Wildman–Crippen MR) is 94.9 cm³/mol. The van der Waals surface area contributed by atoms with Crippen LogP contribution in [0.3, 0.4) is 0 Å². The Hall–Kier alpha value is -1.81. The van der Waals surface area contributed by atoms with Crippen LogP contribution in [-0.4, -0.2) is 34.5 Å². The highest BCUT2D eigenvalue weighted by molar-refractivity contribution is 5.85. The number of nitrogens with one attached hydrogen (secondary N) is 1. The third kappa shape index (κ3) is 4.35. The van der Waals surface area contributed by atoms with Gasteiger partial charge in [0.1, 0.15) is 5.75 Å². The minimum absolute atomic E-state index is 0.208. The van der Waals surface area contributed by atoms with Crippen LogP contribution in [-0.2, 0) is 11.2 Å². The number of H-pyrrole nitrogens is 1. The van der Waals surface area contributed by atoms with Crippen molar-refractivity contribution in [1.82, 2.24) is 9.88 Å². The van der Waals surface area contributed by atoms with Crippen LogP contribution in [0.15, 0.2) is 24.4 Å². The average molecular weight is 316 g/mol. The first-order valence-electron chi connectivity index (χ1n) is 8.48. The molecule has 2 aromatic rings. The smallest absolute Gasteiger partial charge is 0.310 e. The molecule has 1 N–H and O–H groups in total. The lowest BCUT2D eigenvalue weighted by atomic mass is 10.1. The SMILES string of the molecule is CCC(=O)Oc1ccc2c(CCN(C(C)C)C(C)C)c[nH]c2c1. The standard InChI is InChI=1S/C19H28N2O2/c1-6-19(22)23-16-7-8-17-15(12-20-18(17)11-16)9-10-21(13(2)3)14(4)5/h7-8,11-14,20H,6,9-10H2,1-5H3. The van der Waals surface area contributed by atoms with Gasteiger partial charge in [0.05, 0.1) is 0 Å². The first kappa shape index (κ1) is 17.5. The molecule has 4 heteroatoms. The molecule has 0 atom stereocenters. The van der Waals surface area contributed by atoms with E-state index in [2.05, 4.69) is 43.8 Å². The number of ether oxygens (including phenoxy) is 1. The zero-order valence-corrected chi connectivity index (χ0v) is 14.8. The number of rotatable bonds is 7. The Morgan fingerprint density at radius 1 is 1.22 bits per heavy atom. The van der Waals surface area contributed by atoms with E-state index in [0.717, 1.165) is 18.5 Å². The van der Waals surface area contributed by atoms with Gasteiger partial charge in [-0.1, -0.05) is 6.92 Å². The van der Waals surface area contributed by atoms with Gasteiger partial charge in [-0.15, -0.1) is 0 Å². The molecule has 0 radical (unpaired) electrons. The molecule has 0 unspecified atom stereocenters. The molecule has 0 aliphatic heterocycles. The average Bonchev–Trinajstić information content (AvgIpc) is 2.89. The second-order valence-electron chi connectivity index (χ2n) is 6.52. The van der Waals surface area contributed by atoms with E-state index in [9.17, 15) is 4.79 Å². The van der Waals surface area contributed by atoms with Gasteiger partial charge in [0.15, 0.2) is 0 Å². The minimum Gasteiger partial charge on any atom is -0.426 e. The predicted octanol–water partition coefficient (Wildman–Crippen LogP) is 4.14. The van der Waals surface area contributed by atoms with Gasteiger partial charge < -0.3 is 9.72 Å². The zero-order valence-electron chi connectivity index (χ0n) is 14.8. The number of esters is 1. The molecule has 1 aromatic carbocycles. The van der Waals surface area contributed by atoms with Gasteiger partial charge in [-0.05, 0) is 51.8 Å². The zero-order chi connectivity index (χ0) is 17.0. The van der Waals surface area contributed by atoms with Crippen LogP contribution in [0.4, 0.5) is 0 Å². The fourth-order valence-electron chi connectivity index (χ4n) is 3.00. The number of aromatic nitrogens is 1. The second-order valence-corrected chi connectivity index (χ2v) is 6.52. The van der Waals surface area contributed by atoms with Gasteiger partial charge in [-0.25, -0.2) is 0 Å². The fraction of sp³-hybridized carbons (Fsp3) is 0.526. The van der Waals surface area contributed by atoms with Gasteiger partial charge >= 0.3 is 5.97 Å². The van der Waals surface area contributed by atoms with Crippen LogP contribution in [0, 0.1) is 0 Å². The number of hydrogen-bond donors (Lipinski definition) is 1. The topological polar surface area (TPSA) is 45.3 Å². The number of carbonyl (C=O) groups is 1. The van der Waals surface area contributed by atoms with Gasteiger partial charge in [-0.3, -0.25) is 9.69 Å². The second kappa shape index (κ2) is 7.64. The fourth-order valence-corrected chi connectivity index (χ4v) is 3.00. The van der Waals surface area contributed by atoms with Crippen LogP contribution >= 0.6 is 0 Å². The van der Waals surface area contributed by atoms with Crippen LogP contribution in [0.5, 0.6) is 5.75 Å². The maximum absolute atomic E-state index is 11.4. The van der Waals surface area contributed by atoms with E-state index < -0.39 is 0 Å². The molecule has 1 aromatic heterocycles. The Labute approximate surface area is 138 Å². The van der Waals surface area contributed by atoms with Crippen molar-refractivity contribution < 1.29 is 9.53 Å². The summed E-state index contributed by atoms with van der Waals surface area (Å²) in [7, 11) is 0. The molecule has 126 valence electrons. The molecule has 0 saturated heterocycles. The lowest BCUT2D eigenvalue weighted by molar-refractivity contribution is -0.134. The van der Waals surface area contributed by atoms with E-state index in [-0.39, 0.29) is 5.97 Å². The van der Waals surface area contributed by atoms with E-state index in [1.54, 1.807) is 6.92 Å². The molecule has 1 heterocycles. The van der Waals surface area contributed by atoms with Crippen molar-refractivity contribution >= 4 is 16.9 Å². The third-order valence-corrected chi connectivity index (χ3v) is 4.23. The summed E-state index contributed by atoms with van der Waals surface area (Å²) in [4.78, 5) is 17.2. The Kier molecular flexibility index (Phi) is 5.83. The van der Waals surface area contributed by atoms with Crippen molar-refractivity contribution in [2.75, 3.05) is 6.54 Å². The molecule has 0 fully saturated rings. The van der Waals surface area contributed by atoms with Crippen molar-refractivity contribution in [1.29, 1.82) is 0 Å². The molecule has 4 nitrogen and oxygen atoms in total. The number of hydrogen-bond acceptors (Lipinski definition) is 3. The normalized spacial score (nSPS) is 11.8. The summed E-state index contributed by atoms with van der Waals surface area (Å²) in [5.41, 5.74) is 2.32. The van der Waals surface area contributed by atoms with E-state index in [4.69, 9.17) is 4.74 Å². The highest BCUT2D eigenvalue weighted by Gasteiger charge is 2.14. The van der Waals surface area contributed by atoms with Crippen molar-refractivity contribution in [2.45, 2.75) is 59.5 Å². The van der Waals surface area contributed by atoms with Crippen molar-refractivity contribution in [3.8, 4) is 5.75 Å². The molecule has 0 aliphatic rings. The maximum atomic E-state index is 11.4. The Bertz CT molecular complexity index is 650. The van der Waals surface area contributed by atoms with Gasteiger partial charge in [0, 0.05) is 48.2 Å². The summed E-state index contributed by atoms with van der Waals surface area (Å²) in [6.07, 6.45) is 3.45. The molecule has 0 bridgehead atoms. The largest absolute Gasteiger partial charge is 0.426 e. The number of carbonyl (C=O) groups excluding carboxylic acids is 1. The molecule has 23 heavy (non-hydrogen) atoms. The highest BCUT2D eigenvalue weighted by atomic mass is 16.5. The molecule has 0 amide bonds. The number of fused-ring (bicyclic) bond motifs is 1. The molecule has 2 rings (SSSR count). The summed E-state index contributed by atoms with van der Waals surface area (Å²) >= 11 is 0. The summed E-state index contributed by atoms with van der Waals surface area (Å²) in [6, 6.07) is 6.89. The van der Waals surface area contributed by atoms with E-state index in [1.807, 2.05) is 18.2 Å². The first-order valence-corrected chi connectivity index (χ1v) is 8.48. The number of benzene rings is 1. The van der Waals surface area contributed by atoms with E-state index in [1.165, 1.54) is 10.9 Å². The molecule has 0 aliphatic carbocycles. The van der Waals surface area contributed by atoms with Crippen LogP contribution in [0.2, 0.25) is 0 Å². The summed E-state index contributed by atoms with van der Waals surface area (Å²) < 4.78 is 5.27. The van der Waals surface area contributed by atoms with Crippen molar-refractivity contribution in [2.24, 2.45) is 0 Å². The molecular weight excluding hydrogens is 288 g/mol. The summed E-state index contributed by atoms with van der Waals surface area (Å²) in [6.45, 7) is 11.8. The summed E-state index contributed by atoms with van der Waals surface area (Å²) in [5.74, 6) is 0.393. The third-order valence-electron chi connectivity index (χ3n) is 4.23. The Morgan fingerprint density at radius 2 is 1.91 bits per heavy atom. The first-order chi connectivity index (χ1) is 10.9. The Morgan fingerprint density at radius 3 is 2.52 bits per heavy atom.